The van der Waals surface area contributed by atoms with Crippen LogP contribution in [0.4, 0.5) is 4.39 Å². The third-order valence-corrected chi connectivity index (χ3v) is 2.20. The highest BCUT2D eigenvalue weighted by molar-refractivity contribution is 5.63. The SMILES string of the molecule is C/C(=C\CC(C)C)c1ccc(F)cc1. The molecule has 14 heavy (non-hydrogen) atoms. The monoisotopic (exact) mass is 192 g/mol. The molecule has 0 fully saturated rings. The number of rotatable bonds is 3. The van der Waals surface area contributed by atoms with Crippen molar-refractivity contribution in [1.29, 1.82) is 0 Å². The summed E-state index contributed by atoms with van der Waals surface area (Å²) < 4.78 is 12.6. The van der Waals surface area contributed by atoms with Crippen molar-refractivity contribution >= 4 is 5.57 Å². The summed E-state index contributed by atoms with van der Waals surface area (Å²) in [5, 5.41) is 0. The molecule has 0 bridgehead atoms. The van der Waals surface area contributed by atoms with Gasteiger partial charge in [-0.3, -0.25) is 0 Å². The molecule has 0 heterocycles. The Labute approximate surface area is 85.5 Å². The molecule has 0 aromatic heterocycles. The molecule has 1 aromatic carbocycles. The Bertz CT molecular complexity index is 307. The number of halogens is 1. The van der Waals surface area contributed by atoms with E-state index in [2.05, 4.69) is 26.8 Å². The molecule has 0 aliphatic heterocycles. The summed E-state index contributed by atoms with van der Waals surface area (Å²) in [7, 11) is 0. The van der Waals surface area contributed by atoms with Crippen LogP contribution < -0.4 is 0 Å². The van der Waals surface area contributed by atoms with Crippen LogP contribution >= 0.6 is 0 Å². The Balaban J connectivity index is 2.73. The Morgan fingerprint density at radius 1 is 1.29 bits per heavy atom. The van der Waals surface area contributed by atoms with Gasteiger partial charge in [0.15, 0.2) is 0 Å². The molecule has 0 nitrogen and oxygen atoms in total. The first-order valence-electron chi connectivity index (χ1n) is 5.02. The summed E-state index contributed by atoms with van der Waals surface area (Å²) in [4.78, 5) is 0. The fourth-order valence-electron chi connectivity index (χ4n) is 1.24. The lowest BCUT2D eigenvalue weighted by Gasteiger charge is -2.03. The van der Waals surface area contributed by atoms with Crippen molar-refractivity contribution in [2.75, 3.05) is 0 Å². The Morgan fingerprint density at radius 3 is 2.36 bits per heavy atom. The van der Waals surface area contributed by atoms with Crippen LogP contribution in [0.3, 0.4) is 0 Å². The Morgan fingerprint density at radius 2 is 1.86 bits per heavy atom. The van der Waals surface area contributed by atoms with E-state index in [0.29, 0.717) is 5.92 Å². The van der Waals surface area contributed by atoms with E-state index in [1.54, 1.807) is 0 Å². The zero-order valence-electron chi connectivity index (χ0n) is 9.05. The Kier molecular flexibility index (Phi) is 3.87. The molecule has 1 heteroatoms. The molecule has 0 saturated carbocycles. The summed E-state index contributed by atoms with van der Waals surface area (Å²) in [5.74, 6) is 0.496. The number of hydrogen-bond acceptors (Lipinski definition) is 0. The van der Waals surface area contributed by atoms with Gasteiger partial charge in [-0.25, -0.2) is 4.39 Å². The Hall–Kier alpha value is -1.11. The van der Waals surface area contributed by atoms with Gasteiger partial charge in [-0.05, 0) is 42.5 Å². The first-order chi connectivity index (χ1) is 6.59. The molecule has 0 amide bonds. The fourth-order valence-corrected chi connectivity index (χ4v) is 1.24. The average molecular weight is 192 g/mol. The van der Waals surface area contributed by atoms with E-state index in [1.807, 2.05) is 12.1 Å². The van der Waals surface area contributed by atoms with Gasteiger partial charge in [0.2, 0.25) is 0 Å². The molecule has 0 atom stereocenters. The lowest BCUT2D eigenvalue weighted by atomic mass is 10.0. The highest BCUT2D eigenvalue weighted by Gasteiger charge is 1.96. The molecule has 0 spiro atoms. The summed E-state index contributed by atoms with van der Waals surface area (Å²) in [6.45, 7) is 6.44. The van der Waals surface area contributed by atoms with E-state index in [-0.39, 0.29) is 5.82 Å². The molecule has 0 radical (unpaired) electrons. The van der Waals surface area contributed by atoms with Gasteiger partial charge in [0.25, 0.3) is 0 Å². The molecule has 1 rings (SSSR count). The van der Waals surface area contributed by atoms with Crippen LogP contribution in [0.25, 0.3) is 5.57 Å². The number of hydrogen-bond donors (Lipinski definition) is 0. The van der Waals surface area contributed by atoms with E-state index < -0.39 is 0 Å². The van der Waals surface area contributed by atoms with Gasteiger partial charge < -0.3 is 0 Å². The molecular formula is C13H17F. The smallest absolute Gasteiger partial charge is 0.123 e. The van der Waals surface area contributed by atoms with Crippen LogP contribution in [0.15, 0.2) is 30.3 Å². The predicted octanol–water partition coefficient (Wildman–Crippen LogP) is 4.28. The van der Waals surface area contributed by atoms with Crippen molar-refractivity contribution < 1.29 is 4.39 Å². The molecule has 76 valence electrons. The third-order valence-electron chi connectivity index (χ3n) is 2.20. The van der Waals surface area contributed by atoms with Crippen molar-refractivity contribution in [2.45, 2.75) is 27.2 Å². The van der Waals surface area contributed by atoms with Crippen LogP contribution in [0.2, 0.25) is 0 Å². The lowest BCUT2D eigenvalue weighted by Crippen LogP contribution is -1.85. The summed E-state index contributed by atoms with van der Waals surface area (Å²) in [6, 6.07) is 6.65. The highest BCUT2D eigenvalue weighted by atomic mass is 19.1. The average Bonchev–Trinajstić information content (AvgIpc) is 2.15. The first kappa shape index (κ1) is 11.0. The summed E-state index contributed by atoms with van der Waals surface area (Å²) in [5.41, 5.74) is 2.32. The number of benzene rings is 1. The predicted molar refractivity (Wildman–Crippen MR) is 59.5 cm³/mol. The fraction of sp³-hybridized carbons (Fsp3) is 0.385. The van der Waals surface area contributed by atoms with E-state index in [4.69, 9.17) is 0 Å². The standard InChI is InChI=1S/C13H17F/c1-10(2)4-5-11(3)12-6-8-13(14)9-7-12/h5-10H,4H2,1-3H3/b11-5+. The van der Waals surface area contributed by atoms with Crippen LogP contribution in [-0.2, 0) is 0 Å². The quantitative estimate of drug-likeness (QED) is 0.670. The second-order valence-corrected chi connectivity index (χ2v) is 4.02. The molecule has 0 unspecified atom stereocenters. The maximum atomic E-state index is 12.6. The normalized spacial score (nSPS) is 12.2. The van der Waals surface area contributed by atoms with E-state index in [0.717, 1.165) is 12.0 Å². The van der Waals surface area contributed by atoms with Crippen LogP contribution in [0.5, 0.6) is 0 Å². The minimum absolute atomic E-state index is 0.176. The summed E-state index contributed by atoms with van der Waals surface area (Å²) >= 11 is 0. The van der Waals surface area contributed by atoms with Gasteiger partial charge >= 0.3 is 0 Å². The molecule has 0 aliphatic rings. The molecule has 0 aliphatic carbocycles. The molecule has 1 aromatic rings. The highest BCUT2D eigenvalue weighted by Crippen LogP contribution is 2.16. The van der Waals surface area contributed by atoms with Gasteiger partial charge in [0, 0.05) is 0 Å². The third kappa shape index (κ3) is 3.33. The van der Waals surface area contributed by atoms with Crippen molar-refractivity contribution in [3.8, 4) is 0 Å². The van der Waals surface area contributed by atoms with Crippen molar-refractivity contribution in [3.05, 3.63) is 41.7 Å². The van der Waals surface area contributed by atoms with Crippen LogP contribution in [-0.4, -0.2) is 0 Å². The largest absolute Gasteiger partial charge is 0.207 e. The van der Waals surface area contributed by atoms with Crippen molar-refractivity contribution in [2.24, 2.45) is 5.92 Å². The molecule has 0 saturated heterocycles. The van der Waals surface area contributed by atoms with Gasteiger partial charge in [-0.2, -0.15) is 0 Å². The minimum Gasteiger partial charge on any atom is -0.207 e. The van der Waals surface area contributed by atoms with E-state index in [1.165, 1.54) is 17.7 Å². The van der Waals surface area contributed by atoms with Gasteiger partial charge in [0.05, 0.1) is 0 Å². The molecular weight excluding hydrogens is 175 g/mol. The zero-order valence-corrected chi connectivity index (χ0v) is 9.05. The van der Waals surface area contributed by atoms with Gasteiger partial charge in [-0.15, -0.1) is 0 Å². The minimum atomic E-state index is -0.176. The first-order valence-corrected chi connectivity index (χ1v) is 5.02. The van der Waals surface area contributed by atoms with Crippen molar-refractivity contribution in [3.63, 3.8) is 0 Å². The lowest BCUT2D eigenvalue weighted by molar-refractivity contribution is 0.627. The van der Waals surface area contributed by atoms with Crippen molar-refractivity contribution in [1.82, 2.24) is 0 Å². The second-order valence-electron chi connectivity index (χ2n) is 4.02. The maximum absolute atomic E-state index is 12.6. The van der Waals surface area contributed by atoms with E-state index >= 15 is 0 Å². The zero-order chi connectivity index (χ0) is 10.6. The second kappa shape index (κ2) is 4.94. The topological polar surface area (TPSA) is 0 Å². The van der Waals surface area contributed by atoms with Crippen LogP contribution in [0.1, 0.15) is 32.8 Å². The number of allylic oxidation sites excluding steroid dienone is 2. The van der Waals surface area contributed by atoms with E-state index in [9.17, 15) is 4.39 Å². The van der Waals surface area contributed by atoms with Gasteiger partial charge in [-0.1, -0.05) is 32.1 Å². The maximum Gasteiger partial charge on any atom is 0.123 e. The summed E-state index contributed by atoms with van der Waals surface area (Å²) in [6.07, 6.45) is 3.28. The van der Waals surface area contributed by atoms with Crippen LogP contribution in [0, 0.1) is 11.7 Å². The van der Waals surface area contributed by atoms with Gasteiger partial charge in [0.1, 0.15) is 5.82 Å². The molecule has 0 N–H and O–H groups in total.